The van der Waals surface area contributed by atoms with Crippen LogP contribution in [0.4, 0.5) is 5.69 Å². The zero-order chi connectivity index (χ0) is 15.5. The number of nitrogens with one attached hydrogen (secondary N) is 1. The fourth-order valence-electron chi connectivity index (χ4n) is 1.77. The van der Waals surface area contributed by atoms with Crippen molar-refractivity contribution in [3.63, 3.8) is 0 Å². The topological polar surface area (TPSA) is 90.0 Å². The van der Waals surface area contributed by atoms with Crippen molar-refractivity contribution < 1.29 is 8.42 Å². The quantitative estimate of drug-likeness (QED) is 0.848. The summed E-state index contributed by atoms with van der Waals surface area (Å²) in [6, 6.07) is 5.04. The lowest BCUT2D eigenvalue weighted by Gasteiger charge is -2.09. The predicted octanol–water partition coefficient (Wildman–Crippen LogP) is 1.99. The number of halogens is 1. The molecule has 21 heavy (non-hydrogen) atoms. The molecule has 1 aromatic heterocycles. The molecule has 1 heterocycles. The molecule has 0 radical (unpaired) electrons. The highest BCUT2D eigenvalue weighted by Crippen LogP contribution is 2.23. The number of hydrogen-bond donors (Lipinski definition) is 2. The fourth-order valence-corrected chi connectivity index (χ4v) is 3.01. The predicted molar refractivity (Wildman–Crippen MR) is 82.9 cm³/mol. The molecule has 2 aromatic rings. The number of aryl methyl sites for hydroxylation is 2. The van der Waals surface area contributed by atoms with Crippen molar-refractivity contribution in [3.05, 3.63) is 41.2 Å². The first kappa shape index (κ1) is 15.8. The normalized spacial score (nSPS) is 11.6. The number of nitrogens with zero attached hydrogens (tertiary/aromatic N) is 2. The highest BCUT2D eigenvalue weighted by Gasteiger charge is 2.17. The van der Waals surface area contributed by atoms with Crippen molar-refractivity contribution in [2.45, 2.75) is 24.8 Å². The third kappa shape index (κ3) is 3.96. The Balaban J connectivity index is 2.22. The summed E-state index contributed by atoms with van der Waals surface area (Å²) in [5.74, 6) is 0. The molecular formula is C13H17ClN4O2S. The second-order valence-corrected chi connectivity index (χ2v) is 6.76. The van der Waals surface area contributed by atoms with E-state index >= 15 is 0 Å². The second-order valence-electron chi connectivity index (χ2n) is 4.65. The molecule has 0 aliphatic rings. The molecule has 0 atom stereocenters. The van der Waals surface area contributed by atoms with Crippen LogP contribution in [0.1, 0.15) is 12.0 Å². The number of rotatable bonds is 6. The van der Waals surface area contributed by atoms with Gasteiger partial charge in [-0.05, 0) is 37.6 Å². The third-order valence-electron chi connectivity index (χ3n) is 2.96. The van der Waals surface area contributed by atoms with E-state index in [0.717, 1.165) is 12.0 Å². The van der Waals surface area contributed by atoms with Crippen molar-refractivity contribution in [3.8, 4) is 0 Å². The standard InChI is InChI=1S/C13H17ClN4O2S/c1-10-3-4-11(14)7-13(10)17-21(19,20)12-8-16-18(9-12)6-2-5-15/h3-4,7-9,17H,2,5-6,15H2,1H3. The van der Waals surface area contributed by atoms with E-state index in [0.29, 0.717) is 23.8 Å². The van der Waals surface area contributed by atoms with Crippen molar-refractivity contribution in [1.82, 2.24) is 9.78 Å². The van der Waals surface area contributed by atoms with Gasteiger partial charge in [0.1, 0.15) is 4.90 Å². The van der Waals surface area contributed by atoms with Gasteiger partial charge in [0, 0.05) is 17.8 Å². The van der Waals surface area contributed by atoms with Crippen LogP contribution in [-0.2, 0) is 16.6 Å². The molecule has 1 aromatic carbocycles. The zero-order valence-electron chi connectivity index (χ0n) is 11.6. The Bertz CT molecular complexity index is 728. The maximum absolute atomic E-state index is 12.3. The average Bonchev–Trinajstić information content (AvgIpc) is 2.90. The van der Waals surface area contributed by atoms with E-state index in [1.807, 2.05) is 0 Å². The van der Waals surface area contributed by atoms with Crippen LogP contribution >= 0.6 is 11.6 Å². The molecule has 0 unspecified atom stereocenters. The first-order valence-electron chi connectivity index (χ1n) is 6.44. The maximum Gasteiger partial charge on any atom is 0.265 e. The summed E-state index contributed by atoms with van der Waals surface area (Å²) in [6.07, 6.45) is 3.54. The average molecular weight is 329 g/mol. The monoisotopic (exact) mass is 328 g/mol. The van der Waals surface area contributed by atoms with Gasteiger partial charge in [-0.25, -0.2) is 8.42 Å². The SMILES string of the molecule is Cc1ccc(Cl)cc1NS(=O)(=O)c1cnn(CCCN)c1. The van der Waals surface area contributed by atoms with Gasteiger partial charge in [0.05, 0.1) is 11.9 Å². The number of benzene rings is 1. The summed E-state index contributed by atoms with van der Waals surface area (Å²) < 4.78 is 28.7. The molecule has 0 amide bonds. The van der Waals surface area contributed by atoms with Gasteiger partial charge in [0.2, 0.25) is 0 Å². The summed E-state index contributed by atoms with van der Waals surface area (Å²) in [7, 11) is -3.68. The van der Waals surface area contributed by atoms with Gasteiger partial charge >= 0.3 is 0 Å². The first-order valence-corrected chi connectivity index (χ1v) is 8.30. The molecule has 114 valence electrons. The smallest absolute Gasteiger partial charge is 0.265 e. The molecule has 0 fully saturated rings. The van der Waals surface area contributed by atoms with Gasteiger partial charge in [0.25, 0.3) is 10.0 Å². The minimum atomic E-state index is -3.68. The van der Waals surface area contributed by atoms with E-state index in [4.69, 9.17) is 17.3 Å². The number of nitrogens with two attached hydrogens (primary N) is 1. The van der Waals surface area contributed by atoms with Crippen molar-refractivity contribution in [2.24, 2.45) is 5.73 Å². The molecule has 0 aliphatic heterocycles. The molecule has 0 aliphatic carbocycles. The van der Waals surface area contributed by atoms with Crippen LogP contribution < -0.4 is 10.5 Å². The Morgan fingerprint density at radius 1 is 1.43 bits per heavy atom. The lowest BCUT2D eigenvalue weighted by Crippen LogP contribution is -2.13. The van der Waals surface area contributed by atoms with Crippen LogP contribution in [0.5, 0.6) is 0 Å². The van der Waals surface area contributed by atoms with Crippen molar-refractivity contribution in [1.29, 1.82) is 0 Å². The molecule has 8 heteroatoms. The molecule has 0 spiro atoms. The summed E-state index contributed by atoms with van der Waals surface area (Å²) in [4.78, 5) is 0.110. The maximum atomic E-state index is 12.3. The largest absolute Gasteiger partial charge is 0.330 e. The number of hydrogen-bond acceptors (Lipinski definition) is 4. The number of aromatic nitrogens is 2. The third-order valence-corrected chi connectivity index (χ3v) is 4.51. The van der Waals surface area contributed by atoms with Crippen molar-refractivity contribution >= 4 is 27.3 Å². The first-order chi connectivity index (χ1) is 9.92. The van der Waals surface area contributed by atoms with Gasteiger partial charge in [-0.3, -0.25) is 9.40 Å². The highest BCUT2D eigenvalue weighted by atomic mass is 35.5. The second kappa shape index (κ2) is 6.46. The molecule has 3 N–H and O–H groups in total. The molecule has 0 bridgehead atoms. The summed E-state index contributed by atoms with van der Waals surface area (Å²) in [5, 5.41) is 4.49. The Hall–Kier alpha value is -1.57. The Morgan fingerprint density at radius 2 is 2.19 bits per heavy atom. The Labute approximate surface area is 129 Å². The summed E-state index contributed by atoms with van der Waals surface area (Å²) >= 11 is 5.89. The number of anilines is 1. The van der Waals surface area contributed by atoms with E-state index in [1.54, 1.807) is 29.8 Å². The Kier molecular flexibility index (Phi) is 4.87. The van der Waals surface area contributed by atoms with Gasteiger partial charge < -0.3 is 5.73 Å². The highest BCUT2D eigenvalue weighted by molar-refractivity contribution is 7.92. The van der Waals surface area contributed by atoms with E-state index in [-0.39, 0.29) is 4.90 Å². The molecule has 0 saturated carbocycles. The van der Waals surface area contributed by atoms with Crippen LogP contribution in [0.25, 0.3) is 0 Å². The molecular weight excluding hydrogens is 312 g/mol. The van der Waals surface area contributed by atoms with Crippen LogP contribution in [0.15, 0.2) is 35.5 Å². The van der Waals surface area contributed by atoms with Crippen LogP contribution in [0, 0.1) is 6.92 Å². The van der Waals surface area contributed by atoms with Crippen LogP contribution in [0.2, 0.25) is 5.02 Å². The zero-order valence-corrected chi connectivity index (χ0v) is 13.2. The minimum Gasteiger partial charge on any atom is -0.330 e. The van der Waals surface area contributed by atoms with Crippen LogP contribution in [-0.4, -0.2) is 24.7 Å². The van der Waals surface area contributed by atoms with Gasteiger partial charge in [-0.15, -0.1) is 0 Å². The van der Waals surface area contributed by atoms with E-state index < -0.39 is 10.0 Å². The van der Waals surface area contributed by atoms with Crippen LogP contribution in [0.3, 0.4) is 0 Å². The summed E-state index contributed by atoms with van der Waals surface area (Å²) in [5.41, 5.74) is 6.66. The van der Waals surface area contributed by atoms with Gasteiger partial charge in [-0.1, -0.05) is 17.7 Å². The minimum absolute atomic E-state index is 0.110. The Morgan fingerprint density at radius 3 is 2.90 bits per heavy atom. The number of sulfonamides is 1. The van der Waals surface area contributed by atoms with Gasteiger partial charge in [0.15, 0.2) is 0 Å². The molecule has 2 rings (SSSR count). The van der Waals surface area contributed by atoms with Gasteiger partial charge in [-0.2, -0.15) is 5.10 Å². The summed E-state index contributed by atoms with van der Waals surface area (Å²) in [6.45, 7) is 2.92. The van der Waals surface area contributed by atoms with E-state index in [1.165, 1.54) is 12.4 Å². The van der Waals surface area contributed by atoms with E-state index in [9.17, 15) is 8.42 Å². The van der Waals surface area contributed by atoms with E-state index in [2.05, 4.69) is 9.82 Å². The van der Waals surface area contributed by atoms with Crippen molar-refractivity contribution in [2.75, 3.05) is 11.3 Å². The fraction of sp³-hybridized carbons (Fsp3) is 0.308. The molecule has 0 saturated heterocycles. The lowest BCUT2D eigenvalue weighted by molar-refractivity contribution is 0.582. The molecule has 6 nitrogen and oxygen atoms in total. The lowest BCUT2D eigenvalue weighted by atomic mass is 10.2.